The minimum Gasteiger partial charge on any atom is -0.461 e. The molecule has 0 aromatic carbocycles. The Kier molecular flexibility index (Phi) is 5.48. The minimum atomic E-state index is -2.36. The van der Waals surface area contributed by atoms with Crippen LogP contribution in [0.5, 0.6) is 0 Å². The smallest absolute Gasteiger partial charge is 0.383 e. The lowest BCUT2D eigenvalue weighted by atomic mass is 10.4. The van der Waals surface area contributed by atoms with E-state index in [-0.39, 0.29) is 6.61 Å². The highest BCUT2D eigenvalue weighted by Crippen LogP contribution is 1.96. The van der Waals surface area contributed by atoms with Gasteiger partial charge in [-0.25, -0.2) is 9.59 Å². The molecule has 0 saturated carbocycles. The largest absolute Gasteiger partial charge is 0.461 e. The second-order valence-corrected chi connectivity index (χ2v) is 3.86. The molecule has 0 aliphatic heterocycles. The summed E-state index contributed by atoms with van der Waals surface area (Å²) in [6.07, 6.45) is -2.36. The molecule has 0 spiro atoms. The number of carbonyl (C=O) groups excluding carboxylic acids is 1. The first-order chi connectivity index (χ1) is 9.46. The van der Waals surface area contributed by atoms with Crippen molar-refractivity contribution in [2.45, 2.75) is 33.7 Å². The van der Waals surface area contributed by atoms with Crippen LogP contribution in [0.3, 0.4) is 0 Å². The van der Waals surface area contributed by atoms with Crippen LogP contribution in [0.15, 0.2) is 15.9 Å². The quantitative estimate of drug-likeness (QED) is 0.703. The van der Waals surface area contributed by atoms with Crippen LogP contribution < -0.4 is 16.0 Å². The fourth-order valence-electron chi connectivity index (χ4n) is 1.64. The van der Waals surface area contributed by atoms with Crippen molar-refractivity contribution < 1.29 is 18.8 Å². The molecule has 0 saturated heterocycles. The average Bonchev–Trinajstić information content (AvgIpc) is 2.42. The maximum Gasteiger partial charge on any atom is 0.383 e. The van der Waals surface area contributed by atoms with Crippen LogP contribution in [0.2, 0.25) is 0 Å². The third kappa shape index (κ3) is 3.25. The molecular weight excluding hydrogens is 269 g/mol. The molecule has 0 unspecified atom stereocenters. The second kappa shape index (κ2) is 6.88. The van der Waals surface area contributed by atoms with E-state index >= 15 is 0 Å². The van der Waals surface area contributed by atoms with Crippen molar-refractivity contribution in [2.75, 3.05) is 13.7 Å². The van der Waals surface area contributed by atoms with E-state index in [1.165, 1.54) is 4.57 Å². The molecule has 20 heavy (non-hydrogen) atoms. The van der Waals surface area contributed by atoms with Gasteiger partial charge in [-0.3, -0.25) is 9.56 Å². The molecule has 0 aliphatic rings. The van der Waals surface area contributed by atoms with Crippen molar-refractivity contribution in [2.24, 2.45) is 4.99 Å². The number of carbonyl (C=O) groups is 1. The predicted molar refractivity (Wildman–Crippen MR) is 68.7 cm³/mol. The number of halogens is 1. The Labute approximate surface area is 115 Å². The lowest BCUT2D eigenvalue weighted by Crippen LogP contribution is -2.46. The number of hydrogen-bond donors (Lipinski definition) is 0. The molecule has 0 bridgehead atoms. The molecule has 1 rings (SSSR count). The summed E-state index contributed by atoms with van der Waals surface area (Å²) in [6, 6.07) is 1.56. The molecule has 0 N–H and O–H groups in total. The summed E-state index contributed by atoms with van der Waals surface area (Å²) in [6.45, 7) is 5.21. The molecule has 0 fully saturated rings. The number of aromatic nitrogens is 2. The third-order valence-electron chi connectivity index (χ3n) is 2.55. The van der Waals surface area contributed by atoms with E-state index in [4.69, 9.17) is 4.84 Å². The molecule has 1 aromatic rings. The van der Waals surface area contributed by atoms with E-state index in [0.717, 1.165) is 4.73 Å². The molecule has 1 aromatic heterocycles. The number of nitrogens with zero attached hydrogens (tertiary/aromatic N) is 3. The molecule has 0 aliphatic carbocycles. The number of ether oxygens (including phenoxy) is 1. The third-order valence-corrected chi connectivity index (χ3v) is 2.55. The van der Waals surface area contributed by atoms with Crippen molar-refractivity contribution in [3.63, 3.8) is 0 Å². The van der Waals surface area contributed by atoms with Gasteiger partial charge in [0.05, 0.1) is 12.3 Å². The topological polar surface area (TPSA) is 74.8 Å². The Morgan fingerprint density at radius 2 is 2.15 bits per heavy atom. The SMILES string of the molecule is CCOC(=O)[C@@H](F)On1c(C)c/c(=N\C)n(CC)c1=O. The van der Waals surface area contributed by atoms with Gasteiger partial charge in [0, 0.05) is 19.7 Å². The van der Waals surface area contributed by atoms with Gasteiger partial charge in [-0.05, 0) is 20.8 Å². The minimum absolute atomic E-state index is 0.0269. The van der Waals surface area contributed by atoms with Gasteiger partial charge in [0.1, 0.15) is 5.49 Å². The number of esters is 1. The van der Waals surface area contributed by atoms with Gasteiger partial charge in [-0.15, -0.1) is 4.73 Å². The zero-order valence-corrected chi connectivity index (χ0v) is 11.9. The highest BCUT2D eigenvalue weighted by molar-refractivity contribution is 5.72. The van der Waals surface area contributed by atoms with Crippen LogP contribution in [0, 0.1) is 6.92 Å². The van der Waals surface area contributed by atoms with Gasteiger partial charge < -0.3 is 9.57 Å². The zero-order chi connectivity index (χ0) is 15.3. The summed E-state index contributed by atoms with van der Waals surface area (Å²) in [5, 5.41) is 0. The van der Waals surface area contributed by atoms with Gasteiger partial charge in [-0.2, -0.15) is 4.39 Å². The van der Waals surface area contributed by atoms with Crippen molar-refractivity contribution in [3.05, 3.63) is 27.7 Å². The highest BCUT2D eigenvalue weighted by Gasteiger charge is 2.22. The fraction of sp³-hybridized carbons (Fsp3) is 0.583. The van der Waals surface area contributed by atoms with Crippen LogP contribution in [-0.2, 0) is 16.1 Å². The molecule has 8 heteroatoms. The van der Waals surface area contributed by atoms with Gasteiger partial charge in [0.15, 0.2) is 0 Å². The molecule has 0 radical (unpaired) electrons. The van der Waals surface area contributed by atoms with Gasteiger partial charge >= 0.3 is 18.0 Å². The van der Waals surface area contributed by atoms with Crippen LogP contribution in [0.25, 0.3) is 0 Å². The Balaban J connectivity index is 3.20. The number of hydrogen-bond acceptors (Lipinski definition) is 5. The van der Waals surface area contributed by atoms with E-state index in [0.29, 0.717) is 17.7 Å². The summed E-state index contributed by atoms with van der Waals surface area (Å²) >= 11 is 0. The van der Waals surface area contributed by atoms with Crippen LogP contribution in [-0.4, -0.2) is 35.3 Å². The molecule has 1 atom stereocenters. The lowest BCUT2D eigenvalue weighted by Gasteiger charge is -2.15. The maximum atomic E-state index is 13.6. The van der Waals surface area contributed by atoms with Crippen molar-refractivity contribution in [1.29, 1.82) is 0 Å². The molecule has 7 nitrogen and oxygen atoms in total. The normalized spacial score (nSPS) is 13.2. The summed E-state index contributed by atoms with van der Waals surface area (Å²) < 4.78 is 20.1. The van der Waals surface area contributed by atoms with Crippen LogP contribution in [0.1, 0.15) is 19.5 Å². The molecule has 0 amide bonds. The van der Waals surface area contributed by atoms with Gasteiger partial charge in [-0.1, -0.05) is 0 Å². The summed E-state index contributed by atoms with van der Waals surface area (Å²) in [7, 11) is 1.54. The van der Waals surface area contributed by atoms with E-state index in [1.54, 1.807) is 33.9 Å². The molecule has 1 heterocycles. The van der Waals surface area contributed by atoms with Gasteiger partial charge in [0.25, 0.3) is 0 Å². The van der Waals surface area contributed by atoms with Crippen LogP contribution >= 0.6 is 0 Å². The first-order valence-electron chi connectivity index (χ1n) is 6.20. The Bertz CT molecular complexity index is 606. The van der Waals surface area contributed by atoms with E-state index in [9.17, 15) is 14.0 Å². The summed E-state index contributed by atoms with van der Waals surface area (Å²) in [4.78, 5) is 32.0. The maximum absolute atomic E-state index is 13.6. The standard InChI is InChI=1S/C12H18FN3O4/c1-5-15-9(14-4)7-8(3)16(12(15)18)20-10(13)11(17)19-6-2/h7,10H,5-6H2,1-4H3/b14-9+/t10-/m0/s1. The first kappa shape index (κ1) is 15.9. The monoisotopic (exact) mass is 287 g/mol. The van der Waals surface area contributed by atoms with Crippen molar-refractivity contribution in [3.8, 4) is 0 Å². The fourth-order valence-corrected chi connectivity index (χ4v) is 1.64. The number of rotatable bonds is 5. The highest BCUT2D eigenvalue weighted by atomic mass is 19.1. The van der Waals surface area contributed by atoms with Crippen molar-refractivity contribution >= 4 is 5.97 Å². The molecule has 112 valence electrons. The zero-order valence-electron chi connectivity index (χ0n) is 11.9. The predicted octanol–water partition coefficient (Wildman–Crippen LogP) is -0.204. The van der Waals surface area contributed by atoms with Gasteiger partial charge in [0.2, 0.25) is 0 Å². The van der Waals surface area contributed by atoms with E-state index in [2.05, 4.69) is 9.73 Å². The average molecular weight is 287 g/mol. The molecular formula is C12H18FN3O4. The summed E-state index contributed by atoms with van der Waals surface area (Å²) in [5.41, 5.74) is 0.161. The number of alkyl halides is 1. The second-order valence-electron chi connectivity index (χ2n) is 3.86. The van der Waals surface area contributed by atoms with Crippen LogP contribution in [0.4, 0.5) is 4.39 Å². The van der Waals surface area contributed by atoms with Crippen molar-refractivity contribution in [1.82, 2.24) is 9.30 Å². The number of aryl methyl sites for hydroxylation is 1. The summed E-state index contributed by atoms with van der Waals surface area (Å²) in [5.74, 6) is -1.17. The first-order valence-corrected chi connectivity index (χ1v) is 6.20. The Morgan fingerprint density at radius 3 is 2.65 bits per heavy atom. The lowest BCUT2D eigenvalue weighted by molar-refractivity contribution is -0.170. The van der Waals surface area contributed by atoms with E-state index < -0.39 is 18.0 Å². The van der Waals surface area contributed by atoms with E-state index in [1.807, 2.05) is 0 Å². The Hall–Kier alpha value is -2.12. The Morgan fingerprint density at radius 1 is 1.50 bits per heavy atom.